The lowest BCUT2D eigenvalue weighted by Crippen LogP contribution is -2.07. The summed E-state index contributed by atoms with van der Waals surface area (Å²) < 4.78 is 0. The van der Waals surface area contributed by atoms with E-state index in [1.807, 2.05) is 0 Å². The molecule has 1 heteroatoms. The standard InChI is InChI=1S/C14H13B/c1-4-8-13-11(5-1)9-10-14(13)15-12-6-2-3-7-12/h1-10,12,14-15H. The minimum absolute atomic E-state index is 0.610. The molecule has 0 amide bonds. The number of hydrogen-bond acceptors (Lipinski definition) is 0. The van der Waals surface area contributed by atoms with E-state index in [1.165, 1.54) is 18.4 Å². The first-order valence-electron chi connectivity index (χ1n) is 5.55. The van der Waals surface area contributed by atoms with E-state index in [2.05, 4.69) is 60.7 Å². The molecule has 0 heterocycles. The Morgan fingerprint density at radius 2 is 1.73 bits per heavy atom. The fourth-order valence-electron chi connectivity index (χ4n) is 2.46. The van der Waals surface area contributed by atoms with Crippen LogP contribution in [0.3, 0.4) is 0 Å². The first kappa shape index (κ1) is 8.78. The van der Waals surface area contributed by atoms with E-state index < -0.39 is 0 Å². The summed E-state index contributed by atoms with van der Waals surface area (Å²) >= 11 is 0. The van der Waals surface area contributed by atoms with Crippen molar-refractivity contribution in [3.8, 4) is 0 Å². The van der Waals surface area contributed by atoms with Gasteiger partial charge < -0.3 is 0 Å². The Hall–Kier alpha value is -1.50. The molecule has 0 aliphatic heterocycles. The average molecular weight is 192 g/mol. The third kappa shape index (κ3) is 1.59. The van der Waals surface area contributed by atoms with Crippen LogP contribution in [0.4, 0.5) is 0 Å². The van der Waals surface area contributed by atoms with Crippen molar-refractivity contribution < 1.29 is 0 Å². The van der Waals surface area contributed by atoms with Gasteiger partial charge in [-0.1, -0.05) is 60.7 Å². The maximum atomic E-state index is 2.34. The van der Waals surface area contributed by atoms with Crippen molar-refractivity contribution in [3.63, 3.8) is 0 Å². The number of allylic oxidation sites excluding steroid dienone is 5. The predicted octanol–water partition coefficient (Wildman–Crippen LogP) is 3.11. The summed E-state index contributed by atoms with van der Waals surface area (Å²) in [4.78, 5) is 0. The summed E-state index contributed by atoms with van der Waals surface area (Å²) in [6, 6.07) is 8.70. The Bertz CT molecular complexity index is 442. The van der Waals surface area contributed by atoms with Crippen LogP contribution in [0.1, 0.15) is 16.9 Å². The summed E-state index contributed by atoms with van der Waals surface area (Å²) in [6.07, 6.45) is 13.5. The number of rotatable bonds is 2. The molecule has 0 saturated carbocycles. The highest BCUT2D eigenvalue weighted by Gasteiger charge is 2.20. The van der Waals surface area contributed by atoms with Crippen LogP contribution in [-0.4, -0.2) is 7.28 Å². The van der Waals surface area contributed by atoms with Crippen LogP contribution in [0.15, 0.2) is 54.6 Å². The van der Waals surface area contributed by atoms with E-state index in [1.54, 1.807) is 0 Å². The average Bonchev–Trinajstić information content (AvgIpc) is 2.89. The Morgan fingerprint density at radius 3 is 2.60 bits per heavy atom. The van der Waals surface area contributed by atoms with Crippen LogP contribution < -0.4 is 0 Å². The van der Waals surface area contributed by atoms with E-state index in [0.717, 1.165) is 0 Å². The molecule has 2 aliphatic rings. The molecule has 0 nitrogen and oxygen atoms in total. The minimum Gasteiger partial charge on any atom is -0.0853 e. The maximum absolute atomic E-state index is 2.34. The molecule has 72 valence electrons. The van der Waals surface area contributed by atoms with E-state index >= 15 is 0 Å². The van der Waals surface area contributed by atoms with Crippen molar-refractivity contribution in [1.29, 1.82) is 0 Å². The van der Waals surface area contributed by atoms with Crippen molar-refractivity contribution in [3.05, 3.63) is 65.8 Å². The zero-order valence-corrected chi connectivity index (χ0v) is 8.64. The van der Waals surface area contributed by atoms with Gasteiger partial charge in [-0.05, 0) is 22.8 Å². The second-order valence-electron chi connectivity index (χ2n) is 4.26. The van der Waals surface area contributed by atoms with Crippen LogP contribution in [-0.2, 0) is 0 Å². The quantitative estimate of drug-likeness (QED) is 0.631. The predicted molar refractivity (Wildman–Crippen MR) is 67.4 cm³/mol. The largest absolute Gasteiger partial charge is 0.147 e. The van der Waals surface area contributed by atoms with Crippen LogP contribution in [0.5, 0.6) is 0 Å². The van der Waals surface area contributed by atoms with Gasteiger partial charge in [-0.25, -0.2) is 0 Å². The molecule has 1 unspecified atom stereocenters. The summed E-state index contributed by atoms with van der Waals surface area (Å²) in [7, 11) is 1.21. The molecular weight excluding hydrogens is 179 g/mol. The fraction of sp³-hybridized carbons (Fsp3) is 0.143. The molecule has 0 aromatic heterocycles. The van der Waals surface area contributed by atoms with Gasteiger partial charge in [-0.2, -0.15) is 0 Å². The monoisotopic (exact) mass is 192 g/mol. The second kappa shape index (κ2) is 3.58. The zero-order chi connectivity index (χ0) is 10.1. The smallest absolute Gasteiger partial charge is 0.0853 e. The molecule has 1 aromatic carbocycles. The van der Waals surface area contributed by atoms with Gasteiger partial charge >= 0.3 is 0 Å². The van der Waals surface area contributed by atoms with E-state index in [9.17, 15) is 0 Å². The van der Waals surface area contributed by atoms with Gasteiger partial charge in [-0.3, -0.25) is 0 Å². The number of fused-ring (bicyclic) bond motifs is 1. The van der Waals surface area contributed by atoms with Crippen molar-refractivity contribution in [2.75, 3.05) is 0 Å². The van der Waals surface area contributed by atoms with Gasteiger partial charge in [0.25, 0.3) is 0 Å². The molecule has 0 N–H and O–H groups in total. The van der Waals surface area contributed by atoms with Crippen LogP contribution in [0, 0.1) is 0 Å². The third-order valence-electron chi connectivity index (χ3n) is 3.26. The highest BCUT2D eigenvalue weighted by molar-refractivity contribution is 6.43. The van der Waals surface area contributed by atoms with E-state index in [0.29, 0.717) is 11.6 Å². The summed E-state index contributed by atoms with van der Waals surface area (Å²) in [5.41, 5.74) is 2.89. The van der Waals surface area contributed by atoms with Crippen molar-refractivity contribution in [2.45, 2.75) is 11.6 Å². The molecule has 1 atom stereocenters. The fourth-order valence-corrected chi connectivity index (χ4v) is 2.46. The van der Waals surface area contributed by atoms with Crippen LogP contribution in [0.2, 0.25) is 5.82 Å². The van der Waals surface area contributed by atoms with Gasteiger partial charge in [0.1, 0.15) is 7.28 Å². The van der Waals surface area contributed by atoms with Crippen LogP contribution >= 0.6 is 0 Å². The Balaban J connectivity index is 1.82. The van der Waals surface area contributed by atoms with Gasteiger partial charge in [-0.15, -0.1) is 0 Å². The number of benzene rings is 1. The van der Waals surface area contributed by atoms with Crippen molar-refractivity contribution in [2.24, 2.45) is 0 Å². The zero-order valence-electron chi connectivity index (χ0n) is 8.64. The lowest BCUT2D eigenvalue weighted by molar-refractivity contribution is 1.18. The minimum atomic E-state index is 0.610. The van der Waals surface area contributed by atoms with E-state index in [4.69, 9.17) is 0 Å². The Kier molecular flexibility index (Phi) is 2.10. The molecule has 0 fully saturated rings. The molecule has 3 rings (SSSR count). The van der Waals surface area contributed by atoms with Crippen molar-refractivity contribution in [1.82, 2.24) is 0 Å². The lowest BCUT2D eigenvalue weighted by Gasteiger charge is -2.11. The first-order chi connectivity index (χ1) is 7.43. The van der Waals surface area contributed by atoms with Crippen molar-refractivity contribution >= 4 is 13.4 Å². The normalized spacial score (nSPS) is 22.3. The Morgan fingerprint density at radius 1 is 0.933 bits per heavy atom. The maximum Gasteiger partial charge on any atom is 0.147 e. The van der Waals surface area contributed by atoms with Gasteiger partial charge in [0.05, 0.1) is 0 Å². The molecule has 0 spiro atoms. The van der Waals surface area contributed by atoms with Gasteiger partial charge in [0, 0.05) is 0 Å². The topological polar surface area (TPSA) is 0 Å². The lowest BCUT2D eigenvalue weighted by atomic mass is 9.54. The molecule has 0 radical (unpaired) electrons. The van der Waals surface area contributed by atoms with E-state index in [-0.39, 0.29) is 0 Å². The SMILES string of the molecule is B(C1C=CC=C1)C1C=Cc2ccccc21. The second-order valence-corrected chi connectivity index (χ2v) is 4.26. The molecule has 15 heavy (non-hydrogen) atoms. The molecule has 1 aromatic rings. The summed E-state index contributed by atoms with van der Waals surface area (Å²) in [5, 5.41) is 0. The molecular formula is C14H13B. The highest BCUT2D eigenvalue weighted by Crippen LogP contribution is 2.32. The molecule has 0 saturated heterocycles. The first-order valence-corrected chi connectivity index (χ1v) is 5.55. The summed E-state index contributed by atoms with van der Waals surface area (Å²) in [5.74, 6) is 1.24. The van der Waals surface area contributed by atoms with Gasteiger partial charge in [0.2, 0.25) is 0 Å². The van der Waals surface area contributed by atoms with Crippen LogP contribution in [0.25, 0.3) is 6.08 Å². The number of hydrogen-bond donors (Lipinski definition) is 0. The summed E-state index contributed by atoms with van der Waals surface area (Å²) in [6.45, 7) is 0. The molecule has 2 aliphatic carbocycles. The Labute approximate surface area is 91.3 Å². The molecule has 0 bridgehead atoms. The third-order valence-corrected chi connectivity index (χ3v) is 3.26. The highest BCUT2D eigenvalue weighted by atomic mass is 14.1. The van der Waals surface area contributed by atoms with Gasteiger partial charge in [0.15, 0.2) is 0 Å².